The molecule has 5 atom stereocenters. The topological polar surface area (TPSA) is 17.1 Å². The fraction of sp³-hybridized carbons (Fsp3) is 0.938. The molecule has 0 bridgehead atoms. The van der Waals surface area contributed by atoms with Crippen molar-refractivity contribution >= 4 is 6.29 Å². The summed E-state index contributed by atoms with van der Waals surface area (Å²) in [6.07, 6.45) is 4.23. The van der Waals surface area contributed by atoms with E-state index < -0.39 is 0 Å². The van der Waals surface area contributed by atoms with E-state index in [4.69, 9.17) is 0 Å². The number of hydrogen-bond acceptors (Lipinski definition) is 1. The molecule has 17 heavy (non-hydrogen) atoms. The van der Waals surface area contributed by atoms with Gasteiger partial charge in [0.05, 0.1) is 0 Å². The van der Waals surface area contributed by atoms with Crippen LogP contribution in [0.2, 0.25) is 0 Å². The molecule has 0 N–H and O–H groups in total. The van der Waals surface area contributed by atoms with Crippen LogP contribution in [0.25, 0.3) is 0 Å². The second-order valence-corrected chi connectivity index (χ2v) is 7.60. The van der Waals surface area contributed by atoms with Crippen molar-refractivity contribution in [1.82, 2.24) is 0 Å². The van der Waals surface area contributed by atoms with E-state index in [1.165, 1.54) is 6.42 Å². The first kappa shape index (κ1) is 13.1. The van der Waals surface area contributed by atoms with Gasteiger partial charge in [-0.25, -0.2) is 0 Å². The summed E-state index contributed by atoms with van der Waals surface area (Å²) in [4.78, 5) is 10.5. The zero-order valence-corrected chi connectivity index (χ0v) is 12.3. The molecule has 2 fully saturated rings. The third-order valence-electron chi connectivity index (χ3n) is 7.26. The van der Waals surface area contributed by atoms with Crippen LogP contribution in [0.1, 0.15) is 60.8 Å². The molecule has 1 heteroatoms. The number of fused-ring (bicyclic) bond motifs is 1. The monoisotopic (exact) mass is 236 g/mol. The molecule has 0 radical (unpaired) electrons. The summed E-state index contributed by atoms with van der Waals surface area (Å²) in [6.45, 7) is 14.7. The van der Waals surface area contributed by atoms with Gasteiger partial charge in [0.1, 0.15) is 6.29 Å². The highest BCUT2D eigenvalue weighted by molar-refractivity contribution is 5.49. The molecule has 0 heterocycles. The smallest absolute Gasteiger partial charge is 0.120 e. The summed E-state index contributed by atoms with van der Waals surface area (Å²) in [5.41, 5.74) is 1.49. The maximum Gasteiger partial charge on any atom is 0.120 e. The Labute approximate surface area is 106 Å². The van der Waals surface area contributed by atoms with Crippen LogP contribution in [0, 0.1) is 34.0 Å². The van der Waals surface area contributed by atoms with E-state index in [0.29, 0.717) is 22.2 Å². The molecule has 2 aliphatic rings. The minimum absolute atomic E-state index is 0.420. The normalized spacial score (nSPS) is 48.6. The molecular formula is C16H28O. The van der Waals surface area contributed by atoms with Gasteiger partial charge in [-0.3, -0.25) is 0 Å². The molecule has 2 saturated carbocycles. The highest BCUT2D eigenvalue weighted by Crippen LogP contribution is 2.85. The quantitative estimate of drug-likeness (QED) is 0.665. The lowest BCUT2D eigenvalue weighted by Gasteiger charge is -2.40. The van der Waals surface area contributed by atoms with Gasteiger partial charge >= 0.3 is 0 Å². The molecule has 0 aliphatic heterocycles. The fourth-order valence-corrected chi connectivity index (χ4v) is 5.37. The van der Waals surface area contributed by atoms with E-state index in [2.05, 4.69) is 41.5 Å². The Morgan fingerprint density at radius 2 is 1.88 bits per heavy atom. The Kier molecular flexibility index (Phi) is 2.76. The number of aldehydes is 1. The number of rotatable bonds is 4. The van der Waals surface area contributed by atoms with Crippen molar-refractivity contribution in [3.8, 4) is 0 Å². The third kappa shape index (κ3) is 1.34. The van der Waals surface area contributed by atoms with E-state index in [0.717, 1.165) is 31.0 Å². The van der Waals surface area contributed by atoms with Gasteiger partial charge in [-0.2, -0.15) is 0 Å². The first-order chi connectivity index (χ1) is 7.73. The highest BCUT2D eigenvalue weighted by atomic mass is 16.1. The second-order valence-electron chi connectivity index (χ2n) is 7.60. The highest BCUT2D eigenvalue weighted by Gasteiger charge is 2.79. The van der Waals surface area contributed by atoms with E-state index in [1.54, 1.807) is 0 Å². The Balaban J connectivity index is 2.16. The molecule has 0 amide bonds. The maximum atomic E-state index is 10.5. The van der Waals surface area contributed by atoms with Crippen LogP contribution in [0.5, 0.6) is 0 Å². The fourth-order valence-electron chi connectivity index (χ4n) is 5.37. The van der Waals surface area contributed by atoms with Gasteiger partial charge in [-0.1, -0.05) is 41.5 Å². The minimum Gasteiger partial charge on any atom is -0.303 e. The van der Waals surface area contributed by atoms with Gasteiger partial charge in [-0.05, 0) is 46.8 Å². The second kappa shape index (κ2) is 3.59. The van der Waals surface area contributed by atoms with Crippen molar-refractivity contribution in [2.45, 2.75) is 60.8 Å². The molecule has 98 valence electrons. The van der Waals surface area contributed by atoms with E-state index in [-0.39, 0.29) is 0 Å². The Morgan fingerprint density at radius 3 is 2.29 bits per heavy atom. The van der Waals surface area contributed by atoms with Gasteiger partial charge in [0, 0.05) is 6.42 Å². The molecule has 0 spiro atoms. The van der Waals surface area contributed by atoms with Crippen molar-refractivity contribution in [3.63, 3.8) is 0 Å². The lowest BCUT2D eigenvalue weighted by Crippen LogP contribution is -2.33. The van der Waals surface area contributed by atoms with Crippen LogP contribution >= 0.6 is 0 Å². The summed E-state index contributed by atoms with van der Waals surface area (Å²) in [7, 11) is 0. The predicted octanol–water partition coefficient (Wildman–Crippen LogP) is 4.31. The first-order valence-corrected chi connectivity index (χ1v) is 7.17. The van der Waals surface area contributed by atoms with Crippen molar-refractivity contribution in [3.05, 3.63) is 0 Å². The summed E-state index contributed by atoms with van der Waals surface area (Å²) < 4.78 is 0. The lowest BCUT2D eigenvalue weighted by molar-refractivity contribution is -0.108. The molecule has 0 aromatic heterocycles. The predicted molar refractivity (Wildman–Crippen MR) is 71.7 cm³/mol. The van der Waals surface area contributed by atoms with E-state index in [1.807, 2.05) is 0 Å². The molecule has 2 aliphatic carbocycles. The zero-order valence-electron chi connectivity index (χ0n) is 12.3. The number of hydrogen-bond donors (Lipinski definition) is 0. The van der Waals surface area contributed by atoms with Crippen molar-refractivity contribution < 1.29 is 4.79 Å². The third-order valence-corrected chi connectivity index (χ3v) is 7.26. The molecule has 0 saturated heterocycles. The summed E-state index contributed by atoms with van der Waals surface area (Å²) >= 11 is 0. The van der Waals surface area contributed by atoms with E-state index in [9.17, 15) is 4.79 Å². The van der Waals surface area contributed by atoms with Crippen LogP contribution < -0.4 is 0 Å². The first-order valence-electron chi connectivity index (χ1n) is 7.17. The van der Waals surface area contributed by atoms with E-state index >= 15 is 0 Å². The largest absolute Gasteiger partial charge is 0.303 e. The molecular weight excluding hydrogens is 208 g/mol. The Bertz CT molecular complexity index is 332. The SMILES string of the molecule is CC(CCC=O)C1C[C@@]2(C)[C@H](C)[C@]2(C)C1(C)C. The summed E-state index contributed by atoms with van der Waals surface area (Å²) in [5, 5.41) is 0. The number of carbonyl (C=O) groups excluding carboxylic acids is 1. The summed E-state index contributed by atoms with van der Waals surface area (Å²) in [5.74, 6) is 2.33. The van der Waals surface area contributed by atoms with Crippen molar-refractivity contribution in [1.29, 1.82) is 0 Å². The zero-order chi connectivity index (χ0) is 13.1. The molecule has 0 aromatic rings. The van der Waals surface area contributed by atoms with Gasteiger partial charge in [-0.15, -0.1) is 0 Å². The minimum atomic E-state index is 0.420. The Morgan fingerprint density at radius 1 is 1.29 bits per heavy atom. The van der Waals surface area contributed by atoms with Gasteiger partial charge in [0.2, 0.25) is 0 Å². The van der Waals surface area contributed by atoms with Crippen LogP contribution in [0.4, 0.5) is 0 Å². The molecule has 1 nitrogen and oxygen atoms in total. The van der Waals surface area contributed by atoms with Gasteiger partial charge in [0.15, 0.2) is 0 Å². The van der Waals surface area contributed by atoms with Crippen LogP contribution in [-0.4, -0.2) is 6.29 Å². The molecule has 2 rings (SSSR count). The van der Waals surface area contributed by atoms with Crippen molar-refractivity contribution in [2.24, 2.45) is 34.0 Å². The van der Waals surface area contributed by atoms with Crippen LogP contribution in [0.3, 0.4) is 0 Å². The Hall–Kier alpha value is -0.330. The summed E-state index contributed by atoms with van der Waals surface area (Å²) in [6, 6.07) is 0. The molecule has 0 aromatic carbocycles. The van der Waals surface area contributed by atoms with Gasteiger partial charge < -0.3 is 4.79 Å². The average molecular weight is 236 g/mol. The number of carbonyl (C=O) groups is 1. The molecule has 2 unspecified atom stereocenters. The lowest BCUT2D eigenvalue weighted by atomic mass is 9.65. The van der Waals surface area contributed by atoms with Crippen molar-refractivity contribution in [2.75, 3.05) is 0 Å². The average Bonchev–Trinajstić information content (AvgIpc) is 2.62. The maximum absolute atomic E-state index is 10.5. The van der Waals surface area contributed by atoms with Crippen LogP contribution in [0.15, 0.2) is 0 Å². The standard InChI is InChI=1S/C16H28O/c1-11(8-7-9-17)13-10-15(5)12(2)16(15,6)14(13,3)4/h9,11-13H,7-8,10H2,1-6H3/t11?,12-,13?,15-,16+/m0/s1. The van der Waals surface area contributed by atoms with Gasteiger partial charge in [0.25, 0.3) is 0 Å². The van der Waals surface area contributed by atoms with Crippen LogP contribution in [-0.2, 0) is 4.79 Å².